The van der Waals surface area contributed by atoms with E-state index in [1.54, 1.807) is 19.9 Å². The third-order valence-corrected chi connectivity index (χ3v) is 3.98. The summed E-state index contributed by atoms with van der Waals surface area (Å²) in [6.07, 6.45) is 3.30. The molecule has 0 aliphatic carbocycles. The molecule has 0 spiro atoms. The Hall–Kier alpha value is -2.12. The molecule has 0 aliphatic heterocycles. The van der Waals surface area contributed by atoms with Gasteiger partial charge in [-0.15, -0.1) is 0 Å². The first-order valence-electron chi connectivity index (χ1n) is 8.41. The van der Waals surface area contributed by atoms with Crippen molar-refractivity contribution in [1.82, 2.24) is 10.2 Å². The first-order chi connectivity index (χ1) is 11.8. The number of aryl methyl sites for hydroxylation is 2. The van der Waals surface area contributed by atoms with E-state index in [-0.39, 0.29) is 12.5 Å². The molecule has 0 bridgehead atoms. The maximum Gasteiger partial charge on any atom is 0.475 e. The van der Waals surface area contributed by atoms with E-state index in [0.29, 0.717) is 13.0 Å². The van der Waals surface area contributed by atoms with E-state index in [1.807, 2.05) is 32.0 Å². The summed E-state index contributed by atoms with van der Waals surface area (Å²) < 4.78 is 0. The van der Waals surface area contributed by atoms with Crippen LogP contribution in [0, 0.1) is 13.8 Å². The Morgan fingerprint density at radius 2 is 2.00 bits per heavy atom. The molecule has 6 nitrogen and oxygen atoms in total. The van der Waals surface area contributed by atoms with Gasteiger partial charge in [0.05, 0.1) is 12.5 Å². The monoisotopic (exact) mass is 346 g/mol. The van der Waals surface area contributed by atoms with Crippen LogP contribution in [0.5, 0.6) is 0 Å². The average molecular weight is 346 g/mol. The van der Waals surface area contributed by atoms with Crippen molar-refractivity contribution in [2.75, 3.05) is 13.1 Å². The van der Waals surface area contributed by atoms with Gasteiger partial charge in [0.2, 0.25) is 11.8 Å². The lowest BCUT2D eigenvalue weighted by Crippen LogP contribution is -2.51. The Bertz CT molecular complexity index is 632. The van der Waals surface area contributed by atoms with Gasteiger partial charge in [-0.3, -0.25) is 9.59 Å². The molecule has 136 valence electrons. The zero-order valence-corrected chi connectivity index (χ0v) is 15.3. The number of carbonyl (C=O) groups is 2. The van der Waals surface area contributed by atoms with Gasteiger partial charge in [-0.2, -0.15) is 0 Å². The Kier molecular flexibility index (Phi) is 8.38. The number of nitrogens with one attached hydrogen (secondary N) is 1. The molecule has 0 aromatic heterocycles. The molecule has 1 atom stereocenters. The van der Waals surface area contributed by atoms with Crippen molar-refractivity contribution in [3.63, 3.8) is 0 Å². The highest BCUT2D eigenvalue weighted by molar-refractivity contribution is 6.43. The van der Waals surface area contributed by atoms with Gasteiger partial charge in [0.1, 0.15) is 0 Å². The summed E-state index contributed by atoms with van der Waals surface area (Å²) in [7, 11) is -1.69. The molecule has 0 fully saturated rings. The second-order valence-corrected chi connectivity index (χ2v) is 6.07. The molecule has 1 aromatic rings. The van der Waals surface area contributed by atoms with E-state index < -0.39 is 19.0 Å². The van der Waals surface area contributed by atoms with Crippen molar-refractivity contribution in [2.24, 2.45) is 0 Å². The number of nitrogens with zero attached hydrogens (tertiary/aromatic N) is 1. The predicted molar refractivity (Wildman–Crippen MR) is 98.8 cm³/mol. The summed E-state index contributed by atoms with van der Waals surface area (Å²) in [6, 6.07) is 5.87. The highest BCUT2D eigenvalue weighted by atomic mass is 16.4. The minimum atomic E-state index is -1.69. The zero-order valence-electron chi connectivity index (χ0n) is 15.3. The van der Waals surface area contributed by atoms with Gasteiger partial charge in [-0.1, -0.05) is 29.8 Å². The molecule has 0 heterocycles. The molecule has 2 amide bonds. The van der Waals surface area contributed by atoms with E-state index in [0.717, 1.165) is 16.7 Å². The number of allylic oxidation sites excluding steroid dienone is 1. The molecule has 0 radical (unpaired) electrons. The summed E-state index contributed by atoms with van der Waals surface area (Å²) in [5.41, 5.74) is 3.08. The van der Waals surface area contributed by atoms with Gasteiger partial charge in [-0.25, -0.2) is 0 Å². The lowest BCUT2D eigenvalue weighted by Gasteiger charge is -2.23. The number of amides is 2. The Labute approximate surface area is 149 Å². The van der Waals surface area contributed by atoms with Crippen molar-refractivity contribution in [3.8, 4) is 0 Å². The van der Waals surface area contributed by atoms with Crippen molar-refractivity contribution in [3.05, 3.63) is 47.0 Å². The van der Waals surface area contributed by atoms with Gasteiger partial charge in [-0.05, 0) is 51.3 Å². The fourth-order valence-corrected chi connectivity index (χ4v) is 2.56. The molecular formula is C18H27BN2O4. The van der Waals surface area contributed by atoms with Crippen LogP contribution >= 0.6 is 0 Å². The number of likely N-dealkylation sites (N-methyl/N-ethyl adjacent to an activating group) is 1. The molecule has 0 aliphatic rings. The maximum atomic E-state index is 12.2. The molecule has 3 N–H and O–H groups in total. The summed E-state index contributed by atoms with van der Waals surface area (Å²) in [4.78, 5) is 25.5. The van der Waals surface area contributed by atoms with E-state index in [9.17, 15) is 19.6 Å². The van der Waals surface area contributed by atoms with Crippen LogP contribution in [0.4, 0.5) is 0 Å². The molecule has 7 heteroatoms. The fourth-order valence-electron chi connectivity index (χ4n) is 2.56. The Morgan fingerprint density at radius 3 is 2.52 bits per heavy atom. The minimum Gasteiger partial charge on any atom is -0.426 e. The quantitative estimate of drug-likeness (QED) is 0.479. The smallest absolute Gasteiger partial charge is 0.426 e. The normalized spacial score (nSPS) is 12.1. The minimum absolute atomic E-state index is 0.129. The maximum absolute atomic E-state index is 12.2. The highest BCUT2D eigenvalue weighted by Crippen LogP contribution is 2.13. The molecule has 1 aromatic carbocycles. The zero-order chi connectivity index (χ0) is 19.0. The van der Waals surface area contributed by atoms with E-state index >= 15 is 0 Å². The largest absolute Gasteiger partial charge is 0.475 e. The highest BCUT2D eigenvalue weighted by Gasteiger charge is 2.27. The van der Waals surface area contributed by atoms with Crippen LogP contribution in [-0.4, -0.2) is 52.9 Å². The summed E-state index contributed by atoms with van der Waals surface area (Å²) in [6.45, 7) is 7.70. The summed E-state index contributed by atoms with van der Waals surface area (Å²) >= 11 is 0. The van der Waals surface area contributed by atoms with Gasteiger partial charge in [0.15, 0.2) is 0 Å². The van der Waals surface area contributed by atoms with Gasteiger partial charge >= 0.3 is 7.12 Å². The SMILES string of the molecule is C/C=C\C(=O)N(CC)CC(=O)NC(Cc1ccc(C)cc1C)B(O)O. The summed E-state index contributed by atoms with van der Waals surface area (Å²) in [5.74, 6) is -1.53. The number of hydrogen-bond donors (Lipinski definition) is 3. The number of rotatable bonds is 8. The molecule has 0 saturated carbocycles. The van der Waals surface area contributed by atoms with Crippen molar-refractivity contribution in [1.29, 1.82) is 0 Å². The molecule has 1 unspecified atom stereocenters. The van der Waals surface area contributed by atoms with Crippen LogP contribution in [0.15, 0.2) is 30.4 Å². The van der Waals surface area contributed by atoms with Crippen LogP contribution in [0.1, 0.15) is 30.5 Å². The lowest BCUT2D eigenvalue weighted by atomic mass is 9.75. The second kappa shape index (κ2) is 10.0. The second-order valence-electron chi connectivity index (χ2n) is 6.07. The summed E-state index contributed by atoms with van der Waals surface area (Å²) in [5, 5.41) is 21.8. The molecular weight excluding hydrogens is 319 g/mol. The molecule has 0 saturated heterocycles. The molecule has 25 heavy (non-hydrogen) atoms. The third-order valence-electron chi connectivity index (χ3n) is 3.98. The first kappa shape index (κ1) is 20.9. The van der Waals surface area contributed by atoms with Crippen molar-refractivity contribution >= 4 is 18.9 Å². The van der Waals surface area contributed by atoms with E-state index in [4.69, 9.17) is 0 Å². The van der Waals surface area contributed by atoms with Crippen LogP contribution in [0.2, 0.25) is 0 Å². The van der Waals surface area contributed by atoms with Crippen molar-refractivity contribution in [2.45, 2.75) is 40.1 Å². The molecule has 1 rings (SSSR count). The number of carbonyl (C=O) groups excluding carboxylic acids is 2. The van der Waals surface area contributed by atoms with Crippen LogP contribution in [0.25, 0.3) is 0 Å². The van der Waals surface area contributed by atoms with E-state index in [1.165, 1.54) is 11.0 Å². The predicted octanol–water partition coefficient (Wildman–Crippen LogP) is 0.767. The first-order valence-corrected chi connectivity index (χ1v) is 8.41. The standard InChI is InChI=1S/C18H27BN2O4/c1-5-7-18(23)21(6-2)12-17(22)20-16(19(24)25)11-15-9-8-13(3)10-14(15)4/h5,7-10,16,24-25H,6,11-12H2,1-4H3,(H,20,22)/b7-5-. The van der Waals surface area contributed by atoms with Gasteiger partial charge < -0.3 is 20.3 Å². The van der Waals surface area contributed by atoms with Crippen LogP contribution in [-0.2, 0) is 16.0 Å². The van der Waals surface area contributed by atoms with Crippen molar-refractivity contribution < 1.29 is 19.6 Å². The average Bonchev–Trinajstić information content (AvgIpc) is 2.54. The number of hydrogen-bond acceptors (Lipinski definition) is 4. The van der Waals surface area contributed by atoms with Crippen LogP contribution in [0.3, 0.4) is 0 Å². The van der Waals surface area contributed by atoms with Crippen LogP contribution < -0.4 is 5.32 Å². The fraction of sp³-hybridized carbons (Fsp3) is 0.444. The van der Waals surface area contributed by atoms with Gasteiger partial charge in [0.25, 0.3) is 0 Å². The Balaban J connectivity index is 2.76. The van der Waals surface area contributed by atoms with E-state index in [2.05, 4.69) is 5.32 Å². The third kappa shape index (κ3) is 6.72. The lowest BCUT2D eigenvalue weighted by molar-refractivity contribution is -0.132. The number of benzene rings is 1. The Morgan fingerprint density at radius 1 is 1.32 bits per heavy atom. The topological polar surface area (TPSA) is 89.9 Å². The van der Waals surface area contributed by atoms with Gasteiger partial charge in [0, 0.05) is 6.54 Å².